The molecule has 1 aliphatic heterocycles. The normalized spacial score (nSPS) is 15.5. The van der Waals surface area contributed by atoms with Crippen LogP contribution in [0.4, 0.5) is 5.69 Å². The number of aliphatic imine (C=N–C) groups is 1. The minimum atomic E-state index is -0.828. The summed E-state index contributed by atoms with van der Waals surface area (Å²) in [5.74, 6) is -0.945. The lowest BCUT2D eigenvalue weighted by molar-refractivity contribution is -0.117. The van der Waals surface area contributed by atoms with Crippen molar-refractivity contribution in [2.24, 2.45) is 4.99 Å². The summed E-state index contributed by atoms with van der Waals surface area (Å²) in [6, 6.07) is 20.4. The quantitative estimate of drug-likeness (QED) is 0.403. The fourth-order valence-corrected chi connectivity index (χ4v) is 4.14. The Labute approximate surface area is 193 Å². The van der Waals surface area contributed by atoms with E-state index in [0.717, 1.165) is 22.4 Å². The van der Waals surface area contributed by atoms with Crippen LogP contribution in [0, 0.1) is 0 Å². The number of rotatable bonds is 3. The van der Waals surface area contributed by atoms with Crippen LogP contribution >= 0.6 is 11.6 Å². The summed E-state index contributed by atoms with van der Waals surface area (Å²) in [5, 5.41) is 25.1. The number of pyridine rings is 1. The largest absolute Gasteiger partial charge is 0.492 e. The number of hydrogen-bond acceptors (Lipinski definition) is 5. The van der Waals surface area contributed by atoms with Gasteiger partial charge in [0.1, 0.15) is 6.04 Å². The predicted octanol–water partition coefficient (Wildman–Crippen LogP) is 4.00. The molecule has 164 valence electrons. The first-order chi connectivity index (χ1) is 15.9. The Morgan fingerprint density at radius 1 is 0.970 bits per heavy atom. The summed E-state index contributed by atoms with van der Waals surface area (Å²) in [7, 11) is 0. The number of benzene rings is 3. The number of carbonyl (C=O) groups excluding carboxylic acids is 1. The van der Waals surface area contributed by atoms with E-state index in [1.165, 1.54) is 6.07 Å². The highest BCUT2D eigenvalue weighted by molar-refractivity contribution is 6.32. The van der Waals surface area contributed by atoms with Crippen molar-refractivity contribution in [2.45, 2.75) is 12.5 Å². The standard InChI is InChI=1S/C25H18ClN3O4/c26-18-7-8-20-19(13-18)24(17-11-22(30)29(33)23(31)12-17)27-21(25(32)28-20)10-14-5-6-15-3-1-2-4-16(15)9-14/h1-9,11-13,21,30,33H,10H2,(H,28,32). The fraction of sp³-hybridized carbons (Fsp3) is 0.0800. The molecule has 2 heterocycles. The van der Waals surface area contributed by atoms with Gasteiger partial charge in [-0.2, -0.15) is 0 Å². The minimum absolute atomic E-state index is 0.135. The second-order valence-corrected chi connectivity index (χ2v) is 8.25. The number of aromatic nitrogens is 1. The molecule has 1 unspecified atom stereocenters. The third kappa shape index (κ3) is 3.94. The second-order valence-electron chi connectivity index (χ2n) is 7.81. The van der Waals surface area contributed by atoms with Crippen molar-refractivity contribution in [1.82, 2.24) is 4.73 Å². The summed E-state index contributed by atoms with van der Waals surface area (Å²) in [4.78, 5) is 29.9. The van der Waals surface area contributed by atoms with Gasteiger partial charge in [0, 0.05) is 34.7 Å². The van der Waals surface area contributed by atoms with E-state index in [0.29, 0.717) is 28.4 Å². The van der Waals surface area contributed by atoms with Crippen LogP contribution in [0.15, 0.2) is 82.6 Å². The molecule has 4 aromatic rings. The van der Waals surface area contributed by atoms with Crippen LogP contribution in [0.25, 0.3) is 10.8 Å². The molecule has 33 heavy (non-hydrogen) atoms. The van der Waals surface area contributed by atoms with E-state index in [9.17, 15) is 19.9 Å². The predicted molar refractivity (Wildman–Crippen MR) is 127 cm³/mol. The molecule has 0 spiro atoms. The van der Waals surface area contributed by atoms with Crippen LogP contribution < -0.4 is 10.9 Å². The molecular weight excluding hydrogens is 442 g/mol. The summed E-state index contributed by atoms with van der Waals surface area (Å²) in [6.45, 7) is 0. The molecule has 3 aromatic carbocycles. The molecule has 1 aliphatic rings. The van der Waals surface area contributed by atoms with E-state index >= 15 is 0 Å². The molecular formula is C25H18ClN3O4. The van der Waals surface area contributed by atoms with Crippen molar-refractivity contribution < 1.29 is 15.1 Å². The van der Waals surface area contributed by atoms with E-state index < -0.39 is 17.5 Å². The first-order valence-corrected chi connectivity index (χ1v) is 10.6. The molecule has 0 saturated heterocycles. The summed E-state index contributed by atoms with van der Waals surface area (Å²) in [6.07, 6.45) is 0.324. The maximum atomic E-state index is 13.1. The molecule has 5 rings (SSSR count). The van der Waals surface area contributed by atoms with Gasteiger partial charge in [-0.25, -0.2) is 0 Å². The number of fused-ring (bicyclic) bond motifs is 2. The molecule has 0 fully saturated rings. The lowest BCUT2D eigenvalue weighted by atomic mass is 10.00. The number of aromatic hydroxyl groups is 1. The van der Waals surface area contributed by atoms with E-state index in [2.05, 4.69) is 5.32 Å². The third-order valence-corrected chi connectivity index (χ3v) is 5.82. The van der Waals surface area contributed by atoms with Crippen molar-refractivity contribution in [3.05, 3.63) is 105 Å². The number of halogens is 1. The highest BCUT2D eigenvalue weighted by atomic mass is 35.5. The van der Waals surface area contributed by atoms with E-state index in [1.54, 1.807) is 18.2 Å². The van der Waals surface area contributed by atoms with Crippen LogP contribution in [0.5, 0.6) is 5.88 Å². The Morgan fingerprint density at radius 2 is 1.76 bits per heavy atom. The SMILES string of the molecule is O=C1Nc2ccc(Cl)cc2C(c2cc(O)n(O)c(=O)c2)=NC1Cc1ccc2ccccc2c1. The molecule has 1 amide bonds. The van der Waals surface area contributed by atoms with Crippen molar-refractivity contribution in [3.8, 4) is 5.88 Å². The van der Waals surface area contributed by atoms with Gasteiger partial charge in [0.2, 0.25) is 11.8 Å². The Bertz CT molecular complexity index is 1510. The molecule has 0 bridgehead atoms. The van der Waals surface area contributed by atoms with Crippen LogP contribution in [-0.4, -0.2) is 32.7 Å². The van der Waals surface area contributed by atoms with Gasteiger partial charge in [-0.15, -0.1) is 4.73 Å². The molecule has 7 nitrogen and oxygen atoms in total. The molecule has 1 atom stereocenters. The smallest absolute Gasteiger partial charge is 0.286 e. The average molecular weight is 460 g/mol. The lowest BCUT2D eigenvalue weighted by Crippen LogP contribution is -2.27. The second kappa shape index (κ2) is 8.11. The molecule has 8 heteroatoms. The van der Waals surface area contributed by atoms with E-state index in [1.807, 2.05) is 42.5 Å². The first-order valence-electron chi connectivity index (χ1n) is 10.2. The first kappa shape index (κ1) is 20.8. The molecule has 0 saturated carbocycles. The molecule has 0 aliphatic carbocycles. The maximum absolute atomic E-state index is 13.1. The van der Waals surface area contributed by atoms with Crippen molar-refractivity contribution in [1.29, 1.82) is 0 Å². The number of nitrogens with zero attached hydrogens (tertiary/aromatic N) is 2. The van der Waals surface area contributed by atoms with Gasteiger partial charge in [0.25, 0.3) is 5.56 Å². The van der Waals surface area contributed by atoms with Crippen molar-refractivity contribution in [3.63, 3.8) is 0 Å². The number of anilines is 1. The summed E-state index contributed by atoms with van der Waals surface area (Å²) >= 11 is 6.21. The van der Waals surface area contributed by atoms with Gasteiger partial charge < -0.3 is 15.6 Å². The van der Waals surface area contributed by atoms with Gasteiger partial charge in [-0.05, 0) is 34.5 Å². The Hall–Kier alpha value is -4.10. The number of amides is 1. The van der Waals surface area contributed by atoms with Crippen LogP contribution in [-0.2, 0) is 11.2 Å². The van der Waals surface area contributed by atoms with Gasteiger partial charge in [0.05, 0.1) is 11.4 Å². The van der Waals surface area contributed by atoms with Crippen LogP contribution in [0.1, 0.15) is 16.7 Å². The Balaban J connectivity index is 1.64. The Kier molecular flexibility index (Phi) is 5.11. The highest BCUT2D eigenvalue weighted by Gasteiger charge is 2.27. The third-order valence-electron chi connectivity index (χ3n) is 5.59. The lowest BCUT2D eigenvalue weighted by Gasteiger charge is -2.12. The Morgan fingerprint density at radius 3 is 2.55 bits per heavy atom. The monoisotopic (exact) mass is 459 g/mol. The summed E-state index contributed by atoms with van der Waals surface area (Å²) in [5.41, 5.74) is 1.65. The number of carbonyl (C=O) groups is 1. The van der Waals surface area contributed by atoms with Gasteiger partial charge in [-0.1, -0.05) is 54.1 Å². The molecule has 3 N–H and O–H groups in total. The molecule has 1 aromatic heterocycles. The zero-order valence-corrected chi connectivity index (χ0v) is 18.0. The van der Waals surface area contributed by atoms with Gasteiger partial charge in [0.15, 0.2) is 0 Å². The van der Waals surface area contributed by atoms with Crippen molar-refractivity contribution >= 4 is 39.7 Å². The molecule has 0 radical (unpaired) electrons. The fourth-order valence-electron chi connectivity index (χ4n) is 3.96. The number of hydrogen-bond donors (Lipinski definition) is 3. The van der Waals surface area contributed by atoms with Crippen LogP contribution in [0.3, 0.4) is 0 Å². The average Bonchev–Trinajstić information content (AvgIpc) is 2.93. The van der Waals surface area contributed by atoms with Gasteiger partial charge in [-0.3, -0.25) is 14.6 Å². The van der Waals surface area contributed by atoms with E-state index in [4.69, 9.17) is 16.6 Å². The number of nitrogens with one attached hydrogen (secondary N) is 1. The maximum Gasteiger partial charge on any atom is 0.286 e. The summed E-state index contributed by atoms with van der Waals surface area (Å²) < 4.78 is 0.135. The van der Waals surface area contributed by atoms with Crippen LogP contribution in [0.2, 0.25) is 5.02 Å². The van der Waals surface area contributed by atoms with Crippen molar-refractivity contribution in [2.75, 3.05) is 5.32 Å². The highest BCUT2D eigenvalue weighted by Crippen LogP contribution is 2.29. The minimum Gasteiger partial charge on any atom is -0.492 e. The van der Waals surface area contributed by atoms with E-state index in [-0.39, 0.29) is 16.2 Å². The topological polar surface area (TPSA) is 104 Å². The number of benzodiazepines with no additional fused rings is 1. The zero-order chi connectivity index (χ0) is 23.1. The zero-order valence-electron chi connectivity index (χ0n) is 17.2. The van der Waals surface area contributed by atoms with Gasteiger partial charge >= 0.3 is 0 Å².